The third-order valence-electron chi connectivity index (χ3n) is 3.82. The minimum atomic E-state index is -0.247. The van der Waals surface area contributed by atoms with E-state index in [1.54, 1.807) is 0 Å². The van der Waals surface area contributed by atoms with Gasteiger partial charge in [0.05, 0.1) is 7.11 Å². The summed E-state index contributed by atoms with van der Waals surface area (Å²) in [6, 6.07) is 8.48. The molecule has 1 heterocycles. The summed E-state index contributed by atoms with van der Waals surface area (Å²) in [5.74, 6) is -0.247. The number of ether oxygens (including phenoxy) is 1. The molecule has 1 fully saturated rings. The molecule has 114 valence electrons. The fourth-order valence-electron chi connectivity index (χ4n) is 2.56. The predicted octanol–water partition coefficient (Wildman–Crippen LogP) is 3.21. The molecule has 21 heavy (non-hydrogen) atoms. The summed E-state index contributed by atoms with van der Waals surface area (Å²) in [6.07, 6.45) is 5.15. The number of benzene rings is 1. The van der Waals surface area contributed by atoms with Gasteiger partial charge < -0.3 is 15.0 Å². The van der Waals surface area contributed by atoms with Crippen molar-refractivity contribution < 1.29 is 9.53 Å². The maximum atomic E-state index is 11.5. The van der Waals surface area contributed by atoms with Crippen LogP contribution < -0.4 is 10.2 Å². The summed E-state index contributed by atoms with van der Waals surface area (Å²) in [7, 11) is 1.41. The number of hydrogen-bond acceptors (Lipinski definition) is 4. The summed E-state index contributed by atoms with van der Waals surface area (Å²) in [6.45, 7) is 4.90. The number of esters is 1. The van der Waals surface area contributed by atoms with Gasteiger partial charge in [0.15, 0.2) is 0 Å². The van der Waals surface area contributed by atoms with Crippen molar-refractivity contribution in [3.8, 4) is 0 Å². The number of hydrogen-bond donors (Lipinski definition) is 1. The van der Waals surface area contributed by atoms with Gasteiger partial charge in [-0.25, -0.2) is 4.79 Å². The smallest absolute Gasteiger partial charge is 0.333 e. The van der Waals surface area contributed by atoms with Crippen LogP contribution >= 0.6 is 0 Å². The number of carbonyl (C=O) groups is 1. The maximum Gasteiger partial charge on any atom is 0.333 e. The zero-order valence-corrected chi connectivity index (χ0v) is 12.9. The normalized spacial score (nSPS) is 15.1. The fraction of sp³-hybridized carbons (Fsp3) is 0.471. The molecule has 0 atom stereocenters. The van der Waals surface area contributed by atoms with Crippen molar-refractivity contribution in [1.82, 2.24) is 0 Å². The summed E-state index contributed by atoms with van der Waals surface area (Å²) in [4.78, 5) is 13.9. The Morgan fingerprint density at radius 1 is 1.29 bits per heavy atom. The Morgan fingerprint density at radius 3 is 2.52 bits per heavy atom. The fourth-order valence-corrected chi connectivity index (χ4v) is 2.56. The molecule has 1 aliphatic heterocycles. The maximum absolute atomic E-state index is 11.5. The van der Waals surface area contributed by atoms with Crippen LogP contribution in [0.3, 0.4) is 0 Å². The van der Waals surface area contributed by atoms with Gasteiger partial charge in [-0.15, -0.1) is 0 Å². The van der Waals surface area contributed by atoms with Crippen molar-refractivity contribution in [2.24, 2.45) is 0 Å². The van der Waals surface area contributed by atoms with Crippen LogP contribution in [0.5, 0.6) is 0 Å². The zero-order valence-electron chi connectivity index (χ0n) is 12.9. The van der Waals surface area contributed by atoms with Gasteiger partial charge in [-0.05, 0) is 43.5 Å². The van der Waals surface area contributed by atoms with Crippen LogP contribution in [0.15, 0.2) is 35.9 Å². The van der Waals surface area contributed by atoms with Crippen molar-refractivity contribution in [3.05, 3.63) is 35.9 Å². The summed E-state index contributed by atoms with van der Waals surface area (Å²) >= 11 is 0. The van der Waals surface area contributed by atoms with Crippen LogP contribution in [0.4, 0.5) is 11.4 Å². The van der Waals surface area contributed by atoms with Gasteiger partial charge in [-0.2, -0.15) is 0 Å². The van der Waals surface area contributed by atoms with Gasteiger partial charge in [0.2, 0.25) is 0 Å². The van der Waals surface area contributed by atoms with E-state index in [0.717, 1.165) is 18.8 Å². The predicted molar refractivity (Wildman–Crippen MR) is 86.8 cm³/mol. The van der Waals surface area contributed by atoms with Crippen LogP contribution in [-0.4, -0.2) is 32.7 Å². The molecule has 1 aliphatic rings. The molecule has 1 N–H and O–H groups in total. The van der Waals surface area contributed by atoms with E-state index in [-0.39, 0.29) is 5.97 Å². The van der Waals surface area contributed by atoms with Crippen LogP contribution in [0, 0.1) is 0 Å². The van der Waals surface area contributed by atoms with E-state index in [1.807, 2.05) is 13.0 Å². The van der Waals surface area contributed by atoms with Crippen LogP contribution in [0.25, 0.3) is 0 Å². The van der Waals surface area contributed by atoms with Gasteiger partial charge in [-0.3, -0.25) is 0 Å². The highest BCUT2D eigenvalue weighted by atomic mass is 16.5. The average molecular weight is 288 g/mol. The molecule has 0 radical (unpaired) electrons. The van der Waals surface area contributed by atoms with Gasteiger partial charge >= 0.3 is 5.97 Å². The molecular formula is C17H24N2O2. The van der Waals surface area contributed by atoms with Gasteiger partial charge in [0.25, 0.3) is 0 Å². The Hall–Kier alpha value is -1.97. The van der Waals surface area contributed by atoms with Crippen molar-refractivity contribution in [3.63, 3.8) is 0 Å². The second-order valence-corrected chi connectivity index (χ2v) is 5.20. The van der Waals surface area contributed by atoms with E-state index in [9.17, 15) is 4.79 Å². The second kappa shape index (κ2) is 7.72. The number of nitrogens with one attached hydrogen (secondary N) is 1. The highest BCUT2D eigenvalue weighted by molar-refractivity contribution is 5.88. The lowest BCUT2D eigenvalue weighted by atomic mass is 10.2. The lowest BCUT2D eigenvalue weighted by molar-refractivity contribution is -0.136. The van der Waals surface area contributed by atoms with Crippen molar-refractivity contribution in [1.29, 1.82) is 0 Å². The number of rotatable bonds is 6. The number of carbonyl (C=O) groups excluding carboxylic acids is 1. The molecule has 0 spiro atoms. The first-order chi connectivity index (χ1) is 10.2. The zero-order chi connectivity index (χ0) is 15.1. The molecular weight excluding hydrogens is 264 g/mol. The average Bonchev–Trinajstić information content (AvgIpc) is 3.06. The molecule has 0 unspecified atom stereocenters. The lowest BCUT2D eigenvalue weighted by Crippen LogP contribution is -2.17. The topological polar surface area (TPSA) is 41.6 Å². The number of anilines is 2. The van der Waals surface area contributed by atoms with Crippen molar-refractivity contribution in [2.75, 3.05) is 37.0 Å². The Labute approximate surface area is 126 Å². The molecule has 4 nitrogen and oxygen atoms in total. The van der Waals surface area contributed by atoms with Crippen LogP contribution in [-0.2, 0) is 9.53 Å². The molecule has 2 rings (SSSR count). The standard InChI is InChI=1S/C17H24N2O2/c1-3-14(17(20)21-2)10-11-18-15-6-8-16(9-7-15)19-12-4-5-13-19/h6-10,18H,3-5,11-13H2,1-2H3/b14-10-. The molecule has 0 aliphatic carbocycles. The summed E-state index contributed by atoms with van der Waals surface area (Å²) in [5.41, 5.74) is 3.06. The Kier molecular flexibility index (Phi) is 5.67. The Bertz CT molecular complexity index is 488. The highest BCUT2D eigenvalue weighted by Crippen LogP contribution is 2.21. The van der Waals surface area contributed by atoms with E-state index < -0.39 is 0 Å². The first-order valence-corrected chi connectivity index (χ1v) is 7.61. The van der Waals surface area contributed by atoms with Gasteiger partial charge in [0.1, 0.15) is 0 Å². The van der Waals surface area contributed by atoms with E-state index in [2.05, 4.69) is 34.5 Å². The molecule has 4 heteroatoms. The third kappa shape index (κ3) is 4.25. The van der Waals surface area contributed by atoms with E-state index in [0.29, 0.717) is 18.5 Å². The second-order valence-electron chi connectivity index (χ2n) is 5.20. The molecule has 0 bridgehead atoms. The largest absolute Gasteiger partial charge is 0.466 e. The molecule has 0 saturated carbocycles. The summed E-state index contributed by atoms with van der Waals surface area (Å²) in [5, 5.41) is 3.30. The van der Waals surface area contributed by atoms with Crippen LogP contribution in [0.2, 0.25) is 0 Å². The molecule has 0 aromatic heterocycles. The van der Waals surface area contributed by atoms with Gasteiger partial charge in [0, 0.05) is 36.6 Å². The quantitative estimate of drug-likeness (QED) is 0.644. The lowest BCUT2D eigenvalue weighted by Gasteiger charge is -2.17. The Morgan fingerprint density at radius 2 is 1.95 bits per heavy atom. The third-order valence-corrected chi connectivity index (χ3v) is 3.82. The van der Waals surface area contributed by atoms with E-state index >= 15 is 0 Å². The number of methoxy groups -OCH3 is 1. The molecule has 1 aromatic carbocycles. The molecule has 1 saturated heterocycles. The van der Waals surface area contributed by atoms with Gasteiger partial charge in [-0.1, -0.05) is 13.0 Å². The van der Waals surface area contributed by atoms with Crippen molar-refractivity contribution >= 4 is 17.3 Å². The van der Waals surface area contributed by atoms with Crippen LogP contribution in [0.1, 0.15) is 26.2 Å². The first kappa shape index (κ1) is 15.4. The highest BCUT2D eigenvalue weighted by Gasteiger charge is 2.11. The molecule has 1 aromatic rings. The molecule has 0 amide bonds. The van der Waals surface area contributed by atoms with Crippen molar-refractivity contribution in [2.45, 2.75) is 26.2 Å². The first-order valence-electron chi connectivity index (χ1n) is 7.61. The van der Waals surface area contributed by atoms with E-state index in [4.69, 9.17) is 4.74 Å². The monoisotopic (exact) mass is 288 g/mol. The minimum Gasteiger partial charge on any atom is -0.466 e. The van der Waals surface area contributed by atoms with E-state index in [1.165, 1.54) is 25.6 Å². The Balaban J connectivity index is 1.88. The summed E-state index contributed by atoms with van der Waals surface area (Å²) < 4.78 is 4.74. The minimum absolute atomic E-state index is 0.247. The number of nitrogens with zero attached hydrogens (tertiary/aromatic N) is 1. The SMILES string of the molecule is CC/C(=C/CNc1ccc(N2CCCC2)cc1)C(=O)OC.